The first-order chi connectivity index (χ1) is 9.65. The molecule has 2 aromatic heterocycles. The third-order valence-electron chi connectivity index (χ3n) is 2.35. The first kappa shape index (κ1) is 14.3. The van der Waals surface area contributed by atoms with Crippen LogP contribution in [0.4, 0.5) is 4.79 Å². The van der Waals surface area contributed by atoms with Gasteiger partial charge in [-0.05, 0) is 41.1 Å². The fourth-order valence-corrected chi connectivity index (χ4v) is 1.59. The summed E-state index contributed by atoms with van der Waals surface area (Å²) in [5.74, 6) is 0.521. The molecule has 0 spiro atoms. The summed E-state index contributed by atoms with van der Waals surface area (Å²) in [6.07, 6.45) is 2.67. The van der Waals surface area contributed by atoms with Crippen molar-refractivity contribution in [2.45, 2.75) is 19.6 Å². The second-order valence-corrected chi connectivity index (χ2v) is 4.71. The number of halogens is 1. The normalized spacial score (nSPS) is 11.7. The Morgan fingerprint density at radius 2 is 2.10 bits per heavy atom. The standard InChI is InChI=1S/C12H12BrN5O2/c1-8(11-14-5-2-6-15-11)16-12(19)20-7-9-3-4-10(13)18-17-9/h2-6,8H,7H2,1H3,(H,16,19). The van der Waals surface area contributed by atoms with Crippen LogP contribution in [0, 0.1) is 0 Å². The molecule has 0 aliphatic heterocycles. The number of hydrogen-bond acceptors (Lipinski definition) is 6. The summed E-state index contributed by atoms with van der Waals surface area (Å²) in [6.45, 7) is 1.82. The minimum absolute atomic E-state index is 0.0501. The van der Waals surface area contributed by atoms with E-state index < -0.39 is 6.09 Å². The van der Waals surface area contributed by atoms with Crippen LogP contribution in [-0.4, -0.2) is 26.3 Å². The fourth-order valence-electron chi connectivity index (χ4n) is 1.38. The summed E-state index contributed by atoms with van der Waals surface area (Å²) in [5, 5.41) is 10.3. The number of alkyl carbamates (subject to hydrolysis) is 1. The second kappa shape index (κ2) is 6.90. The number of hydrogen-bond donors (Lipinski definition) is 1. The van der Waals surface area contributed by atoms with Gasteiger partial charge in [-0.1, -0.05) is 0 Å². The summed E-state index contributed by atoms with van der Waals surface area (Å²) in [4.78, 5) is 19.7. The summed E-state index contributed by atoms with van der Waals surface area (Å²) in [6, 6.07) is 4.82. The molecule has 2 rings (SSSR count). The molecule has 0 saturated carbocycles. The predicted molar refractivity (Wildman–Crippen MR) is 73.5 cm³/mol. The van der Waals surface area contributed by atoms with Crippen molar-refractivity contribution in [3.63, 3.8) is 0 Å². The minimum Gasteiger partial charge on any atom is -0.443 e. The Labute approximate surface area is 123 Å². The minimum atomic E-state index is -0.560. The maximum atomic E-state index is 11.6. The Kier molecular flexibility index (Phi) is 4.94. The van der Waals surface area contributed by atoms with Crippen molar-refractivity contribution in [3.8, 4) is 0 Å². The van der Waals surface area contributed by atoms with E-state index in [1.54, 1.807) is 37.5 Å². The Balaban J connectivity index is 1.82. The van der Waals surface area contributed by atoms with E-state index in [-0.39, 0.29) is 12.6 Å². The lowest BCUT2D eigenvalue weighted by molar-refractivity contribution is 0.134. The molecular formula is C12H12BrN5O2. The van der Waals surface area contributed by atoms with Crippen molar-refractivity contribution in [2.75, 3.05) is 0 Å². The Bertz CT molecular complexity index is 564. The molecule has 2 aromatic rings. The first-order valence-corrected chi connectivity index (χ1v) is 6.63. The summed E-state index contributed by atoms with van der Waals surface area (Å²) < 4.78 is 5.66. The van der Waals surface area contributed by atoms with Gasteiger partial charge in [0.25, 0.3) is 0 Å². The number of nitrogens with zero attached hydrogens (tertiary/aromatic N) is 4. The monoisotopic (exact) mass is 337 g/mol. The van der Waals surface area contributed by atoms with Crippen LogP contribution in [0.1, 0.15) is 24.5 Å². The summed E-state index contributed by atoms with van der Waals surface area (Å²) in [7, 11) is 0. The molecule has 0 aliphatic rings. The molecule has 0 saturated heterocycles. The highest BCUT2D eigenvalue weighted by Crippen LogP contribution is 2.06. The zero-order chi connectivity index (χ0) is 14.4. The largest absolute Gasteiger partial charge is 0.443 e. The SMILES string of the molecule is CC(NC(=O)OCc1ccc(Br)nn1)c1ncccn1. The van der Waals surface area contributed by atoms with Crippen LogP contribution in [-0.2, 0) is 11.3 Å². The number of carbonyl (C=O) groups is 1. The number of carbonyl (C=O) groups excluding carboxylic acids is 1. The van der Waals surface area contributed by atoms with E-state index in [9.17, 15) is 4.79 Å². The van der Waals surface area contributed by atoms with Gasteiger partial charge in [0.05, 0.1) is 6.04 Å². The number of nitrogens with one attached hydrogen (secondary N) is 1. The Hall–Kier alpha value is -2.09. The molecule has 1 amide bonds. The molecule has 7 nitrogen and oxygen atoms in total. The Morgan fingerprint density at radius 3 is 2.75 bits per heavy atom. The third-order valence-corrected chi connectivity index (χ3v) is 2.77. The second-order valence-electron chi connectivity index (χ2n) is 3.90. The van der Waals surface area contributed by atoms with E-state index >= 15 is 0 Å². The lowest BCUT2D eigenvalue weighted by Crippen LogP contribution is -2.28. The van der Waals surface area contributed by atoms with Gasteiger partial charge in [-0.25, -0.2) is 14.8 Å². The van der Waals surface area contributed by atoms with Gasteiger partial charge in [0.2, 0.25) is 0 Å². The van der Waals surface area contributed by atoms with Crippen molar-refractivity contribution >= 4 is 22.0 Å². The molecular weight excluding hydrogens is 326 g/mol. The van der Waals surface area contributed by atoms with Gasteiger partial charge < -0.3 is 10.1 Å². The van der Waals surface area contributed by atoms with E-state index in [4.69, 9.17) is 4.74 Å². The van der Waals surface area contributed by atoms with Crippen LogP contribution in [0.15, 0.2) is 35.2 Å². The molecule has 1 atom stereocenters. The smallest absolute Gasteiger partial charge is 0.408 e. The van der Waals surface area contributed by atoms with Gasteiger partial charge in [0, 0.05) is 12.4 Å². The molecule has 104 valence electrons. The first-order valence-electron chi connectivity index (χ1n) is 5.83. The van der Waals surface area contributed by atoms with Crippen molar-refractivity contribution < 1.29 is 9.53 Å². The van der Waals surface area contributed by atoms with Crippen LogP contribution >= 0.6 is 15.9 Å². The maximum absolute atomic E-state index is 11.6. The van der Waals surface area contributed by atoms with Crippen LogP contribution in [0.25, 0.3) is 0 Å². The lowest BCUT2D eigenvalue weighted by atomic mass is 10.3. The van der Waals surface area contributed by atoms with Crippen molar-refractivity contribution in [1.29, 1.82) is 0 Å². The molecule has 0 aromatic carbocycles. The predicted octanol–water partition coefficient (Wildman–Crippen LogP) is 2.02. The molecule has 20 heavy (non-hydrogen) atoms. The van der Waals surface area contributed by atoms with Crippen LogP contribution in [0.3, 0.4) is 0 Å². The molecule has 0 fully saturated rings. The number of amides is 1. The zero-order valence-corrected chi connectivity index (χ0v) is 12.2. The molecule has 1 N–H and O–H groups in total. The van der Waals surface area contributed by atoms with Gasteiger partial charge in [-0.3, -0.25) is 0 Å². The highest BCUT2D eigenvalue weighted by molar-refractivity contribution is 9.10. The molecule has 0 bridgehead atoms. The average molecular weight is 338 g/mol. The highest BCUT2D eigenvalue weighted by Gasteiger charge is 2.12. The van der Waals surface area contributed by atoms with E-state index in [2.05, 4.69) is 41.4 Å². The number of rotatable bonds is 4. The van der Waals surface area contributed by atoms with E-state index in [1.807, 2.05) is 0 Å². The molecule has 0 radical (unpaired) electrons. The van der Waals surface area contributed by atoms with Crippen LogP contribution < -0.4 is 5.32 Å². The highest BCUT2D eigenvalue weighted by atomic mass is 79.9. The topological polar surface area (TPSA) is 89.9 Å². The fraction of sp³-hybridized carbons (Fsp3) is 0.250. The van der Waals surface area contributed by atoms with E-state index in [1.165, 1.54) is 0 Å². The van der Waals surface area contributed by atoms with Crippen molar-refractivity contribution in [1.82, 2.24) is 25.5 Å². The molecule has 2 heterocycles. The average Bonchev–Trinajstić information content (AvgIpc) is 2.47. The van der Waals surface area contributed by atoms with E-state index in [0.29, 0.717) is 16.1 Å². The van der Waals surface area contributed by atoms with Crippen LogP contribution in [0.5, 0.6) is 0 Å². The summed E-state index contributed by atoms with van der Waals surface area (Å²) in [5.41, 5.74) is 0.562. The summed E-state index contributed by atoms with van der Waals surface area (Å²) >= 11 is 3.18. The molecule has 0 aliphatic carbocycles. The third kappa shape index (κ3) is 4.23. The zero-order valence-electron chi connectivity index (χ0n) is 10.7. The van der Waals surface area contributed by atoms with Gasteiger partial charge in [0.15, 0.2) is 0 Å². The molecule has 8 heteroatoms. The van der Waals surface area contributed by atoms with Crippen molar-refractivity contribution in [3.05, 3.63) is 46.7 Å². The van der Waals surface area contributed by atoms with Gasteiger partial charge in [-0.15, -0.1) is 5.10 Å². The maximum Gasteiger partial charge on any atom is 0.408 e. The van der Waals surface area contributed by atoms with Gasteiger partial charge in [-0.2, -0.15) is 5.10 Å². The number of aromatic nitrogens is 4. The van der Waals surface area contributed by atoms with Gasteiger partial charge in [0.1, 0.15) is 22.7 Å². The van der Waals surface area contributed by atoms with Crippen LogP contribution in [0.2, 0.25) is 0 Å². The Morgan fingerprint density at radius 1 is 1.35 bits per heavy atom. The quantitative estimate of drug-likeness (QED) is 0.917. The van der Waals surface area contributed by atoms with Gasteiger partial charge >= 0.3 is 6.09 Å². The van der Waals surface area contributed by atoms with E-state index in [0.717, 1.165) is 0 Å². The lowest BCUT2D eigenvalue weighted by Gasteiger charge is -2.12. The van der Waals surface area contributed by atoms with Crippen molar-refractivity contribution in [2.24, 2.45) is 0 Å². The number of ether oxygens (including phenoxy) is 1. The molecule has 1 unspecified atom stereocenters.